The molecule has 0 aromatic heterocycles. The highest BCUT2D eigenvalue weighted by Crippen LogP contribution is 2.34. The molecule has 0 fully saturated rings. The molecule has 1 aliphatic rings. The first-order valence-corrected chi connectivity index (χ1v) is 7.54. The highest BCUT2D eigenvalue weighted by atomic mass is 16.5. The Labute approximate surface area is 121 Å². The van der Waals surface area contributed by atoms with Gasteiger partial charge in [0, 0.05) is 0 Å². The first-order valence-electron chi connectivity index (χ1n) is 7.54. The number of benzene rings is 2. The minimum atomic E-state index is 0.669. The third-order valence-electron chi connectivity index (χ3n) is 4.47. The summed E-state index contributed by atoms with van der Waals surface area (Å²) >= 11 is 0. The molecular weight excluding hydrogens is 244 g/mol. The maximum Gasteiger partial charge on any atom is 0.119 e. The van der Waals surface area contributed by atoms with Gasteiger partial charge < -0.3 is 4.74 Å². The summed E-state index contributed by atoms with van der Waals surface area (Å²) in [6.07, 6.45) is 4.68. The van der Waals surface area contributed by atoms with E-state index in [4.69, 9.17) is 4.74 Å². The molecule has 0 spiro atoms. The molecule has 0 aliphatic heterocycles. The predicted octanol–water partition coefficient (Wildman–Crippen LogP) is 4.53. The second-order valence-corrected chi connectivity index (χ2v) is 5.67. The van der Waals surface area contributed by atoms with Gasteiger partial charge in [-0.15, -0.1) is 0 Å². The van der Waals surface area contributed by atoms with Crippen LogP contribution in [0.15, 0.2) is 42.5 Å². The number of hydrogen-bond acceptors (Lipinski definition) is 1. The van der Waals surface area contributed by atoms with Gasteiger partial charge >= 0.3 is 0 Å². The Morgan fingerprint density at radius 3 is 2.80 bits per heavy atom. The number of ether oxygens (including phenoxy) is 1. The molecule has 0 bridgehead atoms. The Bertz CT molecular complexity index is 600. The number of methoxy groups -OCH3 is 1. The van der Waals surface area contributed by atoms with Crippen molar-refractivity contribution >= 4 is 0 Å². The average molecular weight is 266 g/mol. The summed E-state index contributed by atoms with van der Waals surface area (Å²) in [6, 6.07) is 15.6. The van der Waals surface area contributed by atoms with E-state index in [0.717, 1.165) is 25.0 Å². The molecule has 1 unspecified atom stereocenters. The number of rotatable bonds is 3. The van der Waals surface area contributed by atoms with Crippen molar-refractivity contribution < 1.29 is 4.74 Å². The van der Waals surface area contributed by atoms with Crippen LogP contribution in [0.3, 0.4) is 0 Å². The minimum absolute atomic E-state index is 0.669. The number of aryl methyl sites for hydroxylation is 2. The molecule has 3 rings (SSSR count). The molecule has 104 valence electrons. The molecular formula is C19H22O. The van der Waals surface area contributed by atoms with Crippen LogP contribution in [0.25, 0.3) is 0 Å². The lowest BCUT2D eigenvalue weighted by Gasteiger charge is -2.25. The van der Waals surface area contributed by atoms with Crippen molar-refractivity contribution in [1.82, 2.24) is 0 Å². The molecule has 1 atom stereocenters. The highest BCUT2D eigenvalue weighted by Gasteiger charge is 2.20. The predicted molar refractivity (Wildman–Crippen MR) is 83.6 cm³/mol. The summed E-state index contributed by atoms with van der Waals surface area (Å²) in [5, 5.41) is 0. The highest BCUT2D eigenvalue weighted by molar-refractivity contribution is 5.40. The molecule has 1 nitrogen and oxygen atoms in total. The normalized spacial score (nSPS) is 17.6. The number of fused-ring (bicyclic) bond motifs is 1. The molecule has 20 heavy (non-hydrogen) atoms. The van der Waals surface area contributed by atoms with Crippen LogP contribution in [-0.4, -0.2) is 7.11 Å². The van der Waals surface area contributed by atoms with Gasteiger partial charge in [-0.1, -0.05) is 37.3 Å². The van der Waals surface area contributed by atoms with Crippen LogP contribution >= 0.6 is 0 Å². The molecule has 0 saturated carbocycles. The average Bonchev–Trinajstić information content (AvgIpc) is 2.54. The van der Waals surface area contributed by atoms with Gasteiger partial charge in [0.1, 0.15) is 5.75 Å². The largest absolute Gasteiger partial charge is 0.497 e. The first-order chi connectivity index (χ1) is 9.80. The van der Waals surface area contributed by atoms with Crippen LogP contribution in [0.2, 0.25) is 0 Å². The van der Waals surface area contributed by atoms with E-state index in [1.807, 2.05) is 0 Å². The van der Waals surface area contributed by atoms with Crippen molar-refractivity contribution in [3.8, 4) is 5.75 Å². The lowest BCUT2D eigenvalue weighted by molar-refractivity contribution is 0.413. The van der Waals surface area contributed by atoms with E-state index in [-0.39, 0.29) is 0 Å². The van der Waals surface area contributed by atoms with Crippen LogP contribution < -0.4 is 4.74 Å². The van der Waals surface area contributed by atoms with Crippen molar-refractivity contribution in [3.63, 3.8) is 0 Å². The fourth-order valence-corrected chi connectivity index (χ4v) is 3.21. The monoisotopic (exact) mass is 266 g/mol. The fourth-order valence-electron chi connectivity index (χ4n) is 3.21. The summed E-state index contributed by atoms with van der Waals surface area (Å²) in [7, 11) is 1.74. The van der Waals surface area contributed by atoms with E-state index in [2.05, 4.69) is 49.4 Å². The molecule has 0 heterocycles. The summed E-state index contributed by atoms with van der Waals surface area (Å²) in [6.45, 7) is 2.22. The lowest BCUT2D eigenvalue weighted by Crippen LogP contribution is -2.13. The van der Waals surface area contributed by atoms with Crippen molar-refractivity contribution in [2.45, 2.75) is 38.5 Å². The van der Waals surface area contributed by atoms with Crippen LogP contribution in [0.4, 0.5) is 0 Å². The molecule has 0 amide bonds. The second kappa shape index (κ2) is 5.70. The fraction of sp³-hybridized carbons (Fsp3) is 0.368. The van der Waals surface area contributed by atoms with Gasteiger partial charge in [0.05, 0.1) is 7.11 Å². The van der Waals surface area contributed by atoms with E-state index in [1.165, 1.54) is 28.7 Å². The Hall–Kier alpha value is -1.76. The molecule has 0 saturated heterocycles. The van der Waals surface area contributed by atoms with Crippen LogP contribution in [0.5, 0.6) is 5.75 Å². The zero-order valence-corrected chi connectivity index (χ0v) is 12.4. The Kier molecular flexibility index (Phi) is 3.77. The zero-order chi connectivity index (χ0) is 13.9. The van der Waals surface area contributed by atoms with Crippen molar-refractivity contribution in [2.24, 2.45) is 0 Å². The summed E-state index contributed by atoms with van der Waals surface area (Å²) in [5.74, 6) is 1.65. The maximum atomic E-state index is 5.32. The van der Waals surface area contributed by atoms with Gasteiger partial charge in [-0.3, -0.25) is 0 Å². The van der Waals surface area contributed by atoms with Gasteiger partial charge in [-0.25, -0.2) is 0 Å². The van der Waals surface area contributed by atoms with E-state index in [0.29, 0.717) is 5.92 Å². The van der Waals surface area contributed by atoms with Crippen LogP contribution in [0.1, 0.15) is 41.5 Å². The second-order valence-electron chi connectivity index (χ2n) is 5.67. The SMILES string of the molecule is CCc1cccc(C2CCc3cc(OC)ccc3C2)c1. The van der Waals surface area contributed by atoms with Crippen LogP contribution in [-0.2, 0) is 19.3 Å². The minimum Gasteiger partial charge on any atom is -0.497 e. The van der Waals surface area contributed by atoms with Gasteiger partial charge in [-0.05, 0) is 66.0 Å². The standard InChI is InChI=1S/C19H22O/c1-3-14-5-4-6-15(11-14)16-7-8-18-13-19(20-2)10-9-17(18)12-16/h4-6,9-11,13,16H,3,7-8,12H2,1-2H3. The summed E-state index contributed by atoms with van der Waals surface area (Å²) in [4.78, 5) is 0. The molecule has 2 aromatic carbocycles. The van der Waals surface area contributed by atoms with Crippen molar-refractivity contribution in [3.05, 3.63) is 64.7 Å². The molecule has 1 heteroatoms. The third kappa shape index (κ3) is 2.58. The van der Waals surface area contributed by atoms with E-state index < -0.39 is 0 Å². The summed E-state index contributed by atoms with van der Waals surface area (Å²) < 4.78 is 5.32. The van der Waals surface area contributed by atoms with Crippen LogP contribution in [0, 0.1) is 0 Å². The Morgan fingerprint density at radius 1 is 1.10 bits per heavy atom. The molecule has 0 radical (unpaired) electrons. The third-order valence-corrected chi connectivity index (χ3v) is 4.47. The van der Waals surface area contributed by atoms with Crippen molar-refractivity contribution in [1.29, 1.82) is 0 Å². The number of hydrogen-bond donors (Lipinski definition) is 0. The van der Waals surface area contributed by atoms with Gasteiger partial charge in [-0.2, -0.15) is 0 Å². The van der Waals surface area contributed by atoms with Gasteiger partial charge in [0.2, 0.25) is 0 Å². The van der Waals surface area contributed by atoms with Crippen molar-refractivity contribution in [2.75, 3.05) is 7.11 Å². The zero-order valence-electron chi connectivity index (χ0n) is 12.4. The summed E-state index contributed by atoms with van der Waals surface area (Å²) in [5.41, 5.74) is 5.91. The first kappa shape index (κ1) is 13.2. The lowest BCUT2D eigenvalue weighted by atomic mass is 9.80. The quantitative estimate of drug-likeness (QED) is 0.793. The maximum absolute atomic E-state index is 5.32. The topological polar surface area (TPSA) is 9.23 Å². The smallest absolute Gasteiger partial charge is 0.119 e. The molecule has 0 N–H and O–H groups in total. The van der Waals surface area contributed by atoms with Gasteiger partial charge in [0.25, 0.3) is 0 Å². The molecule has 2 aromatic rings. The molecule has 1 aliphatic carbocycles. The van der Waals surface area contributed by atoms with E-state index in [9.17, 15) is 0 Å². The van der Waals surface area contributed by atoms with Gasteiger partial charge in [0.15, 0.2) is 0 Å². The van der Waals surface area contributed by atoms with E-state index in [1.54, 1.807) is 7.11 Å². The Morgan fingerprint density at radius 2 is 2.00 bits per heavy atom. The Balaban J connectivity index is 1.84. The van der Waals surface area contributed by atoms with E-state index >= 15 is 0 Å².